The van der Waals surface area contributed by atoms with Crippen LogP contribution in [0.15, 0.2) is 24.3 Å². The van der Waals surface area contributed by atoms with Gasteiger partial charge < -0.3 is 5.32 Å². The lowest BCUT2D eigenvalue weighted by molar-refractivity contribution is 0.0911. The molecule has 5 heteroatoms. The van der Waals surface area contributed by atoms with Crippen molar-refractivity contribution >= 4 is 28.5 Å². The summed E-state index contributed by atoms with van der Waals surface area (Å²) in [5.41, 5.74) is 0.729. The predicted octanol–water partition coefficient (Wildman–Crippen LogP) is 1.36. The van der Waals surface area contributed by atoms with Gasteiger partial charge in [0.1, 0.15) is 0 Å². The zero-order chi connectivity index (χ0) is 12.3. The largest absolute Gasteiger partial charge is 0.349 e. The topological polar surface area (TPSA) is 58.4 Å². The number of rotatable bonds is 2. The summed E-state index contributed by atoms with van der Waals surface area (Å²) in [5, 5.41) is 4.86. The fourth-order valence-electron chi connectivity index (χ4n) is 1.94. The highest BCUT2D eigenvalue weighted by molar-refractivity contribution is 14.1. The second kappa shape index (κ2) is 5.79. The Morgan fingerprint density at radius 2 is 2.12 bits per heavy atom. The van der Waals surface area contributed by atoms with E-state index in [1.807, 2.05) is 24.3 Å². The van der Waals surface area contributed by atoms with E-state index in [1.54, 1.807) is 5.01 Å². The van der Waals surface area contributed by atoms with Crippen LogP contribution in [0.25, 0.3) is 0 Å². The van der Waals surface area contributed by atoms with Gasteiger partial charge in [-0.25, -0.2) is 5.01 Å². The van der Waals surface area contributed by atoms with E-state index in [0.717, 1.165) is 35.1 Å². The Kier molecular flexibility index (Phi) is 4.36. The van der Waals surface area contributed by atoms with Gasteiger partial charge in [-0.2, -0.15) is 0 Å². The van der Waals surface area contributed by atoms with E-state index in [2.05, 4.69) is 27.9 Å². The van der Waals surface area contributed by atoms with E-state index >= 15 is 0 Å². The number of hydrogen-bond acceptors (Lipinski definition) is 3. The number of carbonyl (C=O) groups is 1. The summed E-state index contributed by atoms with van der Waals surface area (Å²) in [5.74, 6) is 5.69. The predicted molar refractivity (Wildman–Crippen MR) is 75.4 cm³/mol. The van der Waals surface area contributed by atoms with Crippen LogP contribution < -0.4 is 11.2 Å². The Balaban J connectivity index is 1.93. The first-order chi connectivity index (χ1) is 8.15. The van der Waals surface area contributed by atoms with Crippen LogP contribution in [0, 0.1) is 3.57 Å². The van der Waals surface area contributed by atoms with Crippen LogP contribution in [-0.2, 0) is 0 Å². The van der Waals surface area contributed by atoms with Crippen molar-refractivity contribution in [2.24, 2.45) is 5.84 Å². The molecule has 1 amide bonds. The average molecular weight is 345 g/mol. The lowest BCUT2D eigenvalue weighted by Gasteiger charge is -2.29. The van der Waals surface area contributed by atoms with Crippen molar-refractivity contribution in [2.75, 3.05) is 13.1 Å². The van der Waals surface area contributed by atoms with Gasteiger partial charge in [0.2, 0.25) is 0 Å². The zero-order valence-corrected chi connectivity index (χ0v) is 11.7. The van der Waals surface area contributed by atoms with Crippen LogP contribution in [0.2, 0.25) is 0 Å². The monoisotopic (exact) mass is 345 g/mol. The molecule has 1 saturated heterocycles. The number of carbonyl (C=O) groups excluding carboxylic acids is 1. The molecule has 4 nitrogen and oxygen atoms in total. The third-order valence-electron chi connectivity index (χ3n) is 2.95. The number of nitrogens with two attached hydrogens (primary N) is 1. The molecule has 92 valence electrons. The van der Waals surface area contributed by atoms with Gasteiger partial charge in [-0.15, -0.1) is 0 Å². The molecule has 2 rings (SSSR count). The molecule has 0 spiro atoms. The Hall–Kier alpha value is -0.660. The van der Waals surface area contributed by atoms with Gasteiger partial charge in [-0.05, 0) is 53.6 Å². The molecule has 1 fully saturated rings. The lowest BCUT2D eigenvalue weighted by atomic mass is 10.1. The zero-order valence-electron chi connectivity index (χ0n) is 9.53. The minimum atomic E-state index is 0.0130. The summed E-state index contributed by atoms with van der Waals surface area (Å²) in [6, 6.07) is 7.87. The number of hydrazine groups is 1. The van der Waals surface area contributed by atoms with Crippen LogP contribution in [0.4, 0.5) is 0 Å². The number of amides is 1. The Labute approximate surface area is 115 Å². The summed E-state index contributed by atoms with van der Waals surface area (Å²) in [4.78, 5) is 12.0. The first-order valence-electron chi connectivity index (χ1n) is 5.71. The van der Waals surface area contributed by atoms with Crippen molar-refractivity contribution in [1.82, 2.24) is 10.3 Å². The van der Waals surface area contributed by atoms with Crippen molar-refractivity contribution in [3.05, 3.63) is 33.4 Å². The van der Waals surface area contributed by atoms with Crippen molar-refractivity contribution in [1.29, 1.82) is 0 Å². The van der Waals surface area contributed by atoms with E-state index in [0.29, 0.717) is 0 Å². The van der Waals surface area contributed by atoms with Crippen LogP contribution in [0.5, 0.6) is 0 Å². The molecule has 3 N–H and O–H groups in total. The van der Waals surface area contributed by atoms with Gasteiger partial charge in [0.15, 0.2) is 0 Å². The van der Waals surface area contributed by atoms with Crippen LogP contribution in [0.1, 0.15) is 23.2 Å². The highest BCUT2D eigenvalue weighted by Crippen LogP contribution is 2.10. The smallest absolute Gasteiger partial charge is 0.251 e. The normalized spacial score (nSPS) is 18.0. The van der Waals surface area contributed by atoms with E-state index < -0.39 is 0 Å². The SMILES string of the molecule is NN1CCC(NC(=O)c2cccc(I)c2)CC1. The van der Waals surface area contributed by atoms with Crippen LogP contribution in [0.3, 0.4) is 0 Å². The Morgan fingerprint density at radius 1 is 1.41 bits per heavy atom. The van der Waals surface area contributed by atoms with Crippen molar-refractivity contribution < 1.29 is 4.79 Å². The number of halogens is 1. The molecule has 1 aromatic rings. The fourth-order valence-corrected chi connectivity index (χ4v) is 2.49. The number of hydrogen-bond donors (Lipinski definition) is 2. The van der Waals surface area contributed by atoms with Crippen LogP contribution in [-0.4, -0.2) is 30.0 Å². The van der Waals surface area contributed by atoms with Gasteiger partial charge in [0, 0.05) is 28.3 Å². The molecule has 1 aliphatic heterocycles. The third kappa shape index (κ3) is 3.65. The Bertz CT molecular complexity index is 402. The van der Waals surface area contributed by atoms with Crippen molar-refractivity contribution in [3.8, 4) is 0 Å². The molecular formula is C12H16IN3O. The first-order valence-corrected chi connectivity index (χ1v) is 6.79. The number of piperidine rings is 1. The molecule has 17 heavy (non-hydrogen) atoms. The van der Waals surface area contributed by atoms with Crippen molar-refractivity contribution in [2.45, 2.75) is 18.9 Å². The molecule has 0 unspecified atom stereocenters. The maximum absolute atomic E-state index is 12.0. The minimum Gasteiger partial charge on any atom is -0.349 e. The second-order valence-electron chi connectivity index (χ2n) is 4.29. The van der Waals surface area contributed by atoms with Gasteiger partial charge in [-0.1, -0.05) is 6.07 Å². The summed E-state index contributed by atoms with van der Waals surface area (Å²) in [6.07, 6.45) is 1.85. The van der Waals surface area contributed by atoms with E-state index in [4.69, 9.17) is 5.84 Å². The second-order valence-corrected chi connectivity index (χ2v) is 5.54. The molecule has 0 aromatic heterocycles. The average Bonchev–Trinajstić information content (AvgIpc) is 2.32. The molecule has 0 aliphatic carbocycles. The summed E-state index contributed by atoms with van der Waals surface area (Å²) in [7, 11) is 0. The van der Waals surface area contributed by atoms with Gasteiger partial charge in [0.05, 0.1) is 0 Å². The standard InChI is InChI=1S/C12H16IN3O/c13-10-3-1-2-9(8-10)12(17)15-11-4-6-16(14)7-5-11/h1-3,8,11H,4-7,14H2,(H,15,17). The molecule has 1 heterocycles. The molecule has 0 radical (unpaired) electrons. The maximum atomic E-state index is 12.0. The molecule has 0 bridgehead atoms. The first kappa shape index (κ1) is 12.8. The molecule has 1 aromatic carbocycles. The summed E-state index contributed by atoms with van der Waals surface area (Å²) >= 11 is 2.21. The minimum absolute atomic E-state index is 0.0130. The number of nitrogens with one attached hydrogen (secondary N) is 1. The highest BCUT2D eigenvalue weighted by Gasteiger charge is 2.19. The van der Waals surface area contributed by atoms with Crippen LogP contribution >= 0.6 is 22.6 Å². The molecular weight excluding hydrogens is 329 g/mol. The molecule has 0 saturated carbocycles. The van der Waals surface area contributed by atoms with E-state index in [9.17, 15) is 4.79 Å². The summed E-state index contributed by atoms with van der Waals surface area (Å²) in [6.45, 7) is 1.69. The molecule has 0 atom stereocenters. The Morgan fingerprint density at radius 3 is 2.76 bits per heavy atom. The lowest BCUT2D eigenvalue weighted by Crippen LogP contribution is -2.47. The number of benzene rings is 1. The van der Waals surface area contributed by atoms with E-state index in [-0.39, 0.29) is 11.9 Å². The van der Waals surface area contributed by atoms with Crippen molar-refractivity contribution in [3.63, 3.8) is 0 Å². The third-order valence-corrected chi connectivity index (χ3v) is 3.62. The van der Waals surface area contributed by atoms with Gasteiger partial charge in [-0.3, -0.25) is 10.6 Å². The maximum Gasteiger partial charge on any atom is 0.251 e. The van der Waals surface area contributed by atoms with Gasteiger partial charge >= 0.3 is 0 Å². The highest BCUT2D eigenvalue weighted by atomic mass is 127. The van der Waals surface area contributed by atoms with Gasteiger partial charge in [0.25, 0.3) is 5.91 Å². The quantitative estimate of drug-likeness (QED) is 0.629. The van der Waals surface area contributed by atoms with E-state index in [1.165, 1.54) is 0 Å². The number of nitrogens with zero attached hydrogens (tertiary/aromatic N) is 1. The molecule has 1 aliphatic rings. The fraction of sp³-hybridized carbons (Fsp3) is 0.417. The summed E-state index contributed by atoms with van der Waals surface area (Å²) < 4.78 is 1.08.